The monoisotopic (exact) mass is 565 g/mol. The molecule has 0 fully saturated rings. The van der Waals surface area contributed by atoms with Gasteiger partial charge in [0.25, 0.3) is 5.91 Å². The zero-order chi connectivity index (χ0) is 30.5. The molecule has 40 heavy (non-hydrogen) atoms. The van der Waals surface area contributed by atoms with Crippen LogP contribution in [0.2, 0.25) is 0 Å². The molecule has 5 atom stereocenters. The molecule has 13 nitrogen and oxygen atoms in total. The Morgan fingerprint density at radius 2 is 1.55 bits per heavy atom. The largest absolute Gasteiger partial charge is 0.460 e. The van der Waals surface area contributed by atoms with Gasteiger partial charge in [-0.05, 0) is 45.6 Å². The molecule has 1 rings (SSSR count). The molecule has 1 aromatic rings. The number of hydrogen-bond donors (Lipinski definition) is 6. The fourth-order valence-electron chi connectivity index (χ4n) is 3.53. The van der Waals surface area contributed by atoms with Gasteiger partial charge < -0.3 is 30.5 Å². The van der Waals surface area contributed by atoms with Crippen LogP contribution in [0.15, 0.2) is 30.3 Å². The van der Waals surface area contributed by atoms with Crippen molar-refractivity contribution in [2.24, 2.45) is 11.8 Å². The van der Waals surface area contributed by atoms with E-state index in [1.165, 1.54) is 6.92 Å². The van der Waals surface area contributed by atoms with Gasteiger partial charge >= 0.3 is 12.1 Å². The van der Waals surface area contributed by atoms with Crippen molar-refractivity contribution in [1.29, 1.82) is 0 Å². The first kappa shape index (κ1) is 34.3. The Hall–Kier alpha value is -3.71. The zero-order valence-corrected chi connectivity index (χ0v) is 24.0. The summed E-state index contributed by atoms with van der Waals surface area (Å²) in [6.45, 7) is 9.91. The van der Waals surface area contributed by atoms with Gasteiger partial charge in [-0.25, -0.2) is 10.6 Å². The minimum atomic E-state index is -1.42. The first-order chi connectivity index (χ1) is 18.7. The molecule has 0 spiro atoms. The molecule has 0 radical (unpaired) electrons. The number of hydrazine groups is 1. The number of carbonyl (C=O) groups excluding carboxylic acids is 5. The lowest BCUT2D eigenvalue weighted by Crippen LogP contribution is -2.60. The Morgan fingerprint density at radius 3 is 2.08 bits per heavy atom. The summed E-state index contributed by atoms with van der Waals surface area (Å²) in [5.74, 6) is 1.78. The van der Waals surface area contributed by atoms with Crippen LogP contribution in [-0.4, -0.2) is 64.7 Å². The molecule has 4 amide bonds. The average Bonchev–Trinajstić information content (AvgIpc) is 2.89. The van der Waals surface area contributed by atoms with Crippen LogP contribution in [0.25, 0.3) is 0 Å². The molecule has 0 bridgehead atoms. The van der Waals surface area contributed by atoms with Gasteiger partial charge in [0, 0.05) is 6.42 Å². The number of esters is 1. The molecule has 0 saturated heterocycles. The summed E-state index contributed by atoms with van der Waals surface area (Å²) < 4.78 is 10.5. The van der Waals surface area contributed by atoms with E-state index in [1.807, 2.05) is 18.4 Å². The van der Waals surface area contributed by atoms with Gasteiger partial charge in [-0.1, -0.05) is 50.6 Å². The maximum Gasteiger partial charge on any atom is 0.408 e. The summed E-state index contributed by atoms with van der Waals surface area (Å²) in [5.41, 5.74) is 1.85. The lowest BCUT2D eigenvalue weighted by Gasteiger charge is -2.28. The smallest absolute Gasteiger partial charge is 0.408 e. The Balaban J connectivity index is 3.06. The molecular weight excluding hydrogens is 522 g/mol. The standard InChI is InChI=1S/C27H43N5O8/c1-7-16(2)21(31-26(38)39-15-18-11-9-8-10-12-18)24(36)29-19(13-14-20(34)40-27(4,5)6)23(35)30-22(17(3)33)25(37)32-28/h8-12,16-17,19,21-22,33H,7,13-15,28H2,1-6H3,(H,29,36)(H,30,35)(H,31,38)(H,32,37)/t16-,17+,19-,21-,22-/m0/s1. The van der Waals surface area contributed by atoms with Crippen LogP contribution in [0, 0.1) is 5.92 Å². The molecule has 7 N–H and O–H groups in total. The molecule has 13 heteroatoms. The van der Waals surface area contributed by atoms with E-state index in [9.17, 15) is 29.1 Å². The number of aliphatic hydroxyl groups is 1. The number of amides is 4. The summed E-state index contributed by atoms with van der Waals surface area (Å²) in [6.07, 6.45) is -2.06. The van der Waals surface area contributed by atoms with Crippen LogP contribution in [0.3, 0.4) is 0 Å². The molecule has 0 saturated carbocycles. The van der Waals surface area contributed by atoms with Crippen molar-refractivity contribution in [2.45, 2.75) is 97.2 Å². The Kier molecular flexibility index (Phi) is 14.1. The normalized spacial score (nSPS) is 14.9. The number of nitrogens with one attached hydrogen (secondary N) is 4. The summed E-state index contributed by atoms with van der Waals surface area (Å²) in [4.78, 5) is 63.3. The second-order valence-electron chi connectivity index (χ2n) is 10.5. The maximum atomic E-state index is 13.3. The topological polar surface area (TPSA) is 198 Å². The van der Waals surface area contributed by atoms with Crippen molar-refractivity contribution in [3.8, 4) is 0 Å². The summed E-state index contributed by atoms with van der Waals surface area (Å²) in [7, 11) is 0. The quantitative estimate of drug-likeness (QED) is 0.0817. The van der Waals surface area contributed by atoms with E-state index in [4.69, 9.17) is 15.3 Å². The lowest BCUT2D eigenvalue weighted by molar-refractivity contribution is -0.155. The van der Waals surface area contributed by atoms with E-state index < -0.39 is 59.6 Å². The van der Waals surface area contributed by atoms with Crippen molar-refractivity contribution < 1.29 is 38.6 Å². The molecule has 0 aliphatic heterocycles. The zero-order valence-electron chi connectivity index (χ0n) is 24.0. The van der Waals surface area contributed by atoms with E-state index >= 15 is 0 Å². The predicted octanol–water partition coefficient (Wildman–Crippen LogP) is 0.790. The van der Waals surface area contributed by atoms with Crippen LogP contribution in [0.1, 0.15) is 66.4 Å². The third kappa shape index (κ3) is 12.4. The molecule has 0 heterocycles. The second-order valence-corrected chi connectivity index (χ2v) is 10.5. The number of nitrogens with two attached hydrogens (primary N) is 1. The van der Waals surface area contributed by atoms with E-state index in [0.29, 0.717) is 6.42 Å². The highest BCUT2D eigenvalue weighted by molar-refractivity contribution is 5.94. The van der Waals surface area contributed by atoms with Gasteiger partial charge in [-0.3, -0.25) is 24.6 Å². The van der Waals surface area contributed by atoms with Gasteiger partial charge in [0.2, 0.25) is 11.8 Å². The van der Waals surface area contributed by atoms with E-state index in [-0.39, 0.29) is 25.4 Å². The Labute approximate surface area is 234 Å². The molecule has 1 aromatic carbocycles. The number of alkyl carbamates (subject to hydrolysis) is 1. The van der Waals surface area contributed by atoms with Gasteiger partial charge in [-0.2, -0.15) is 0 Å². The van der Waals surface area contributed by atoms with Gasteiger partial charge in [0.05, 0.1) is 6.10 Å². The molecular formula is C27H43N5O8. The number of aliphatic hydroxyl groups excluding tert-OH is 1. The van der Waals surface area contributed by atoms with Crippen molar-refractivity contribution in [3.63, 3.8) is 0 Å². The third-order valence-electron chi connectivity index (χ3n) is 5.88. The Bertz CT molecular complexity index is 996. The number of ether oxygens (including phenoxy) is 2. The van der Waals surface area contributed by atoms with E-state index in [0.717, 1.165) is 5.56 Å². The van der Waals surface area contributed by atoms with Crippen LogP contribution >= 0.6 is 0 Å². The second kappa shape index (κ2) is 16.4. The highest BCUT2D eigenvalue weighted by Crippen LogP contribution is 2.13. The number of benzene rings is 1. The van der Waals surface area contributed by atoms with Gasteiger partial charge in [0.1, 0.15) is 30.3 Å². The van der Waals surface area contributed by atoms with E-state index in [1.54, 1.807) is 52.0 Å². The van der Waals surface area contributed by atoms with Crippen LogP contribution in [-0.2, 0) is 35.3 Å². The van der Waals surface area contributed by atoms with Crippen molar-refractivity contribution in [3.05, 3.63) is 35.9 Å². The lowest BCUT2D eigenvalue weighted by atomic mass is 9.97. The third-order valence-corrected chi connectivity index (χ3v) is 5.88. The first-order valence-electron chi connectivity index (χ1n) is 13.2. The van der Waals surface area contributed by atoms with Crippen molar-refractivity contribution >= 4 is 29.8 Å². The number of hydrogen-bond acceptors (Lipinski definition) is 9. The molecule has 0 aliphatic rings. The van der Waals surface area contributed by atoms with E-state index in [2.05, 4.69) is 16.0 Å². The minimum absolute atomic E-state index is 0.00756. The summed E-state index contributed by atoms with van der Waals surface area (Å²) in [6, 6.07) is 5.17. The minimum Gasteiger partial charge on any atom is -0.460 e. The molecule has 0 unspecified atom stereocenters. The predicted molar refractivity (Wildman–Crippen MR) is 146 cm³/mol. The summed E-state index contributed by atoms with van der Waals surface area (Å²) in [5, 5.41) is 17.4. The van der Waals surface area contributed by atoms with Gasteiger partial charge in [-0.15, -0.1) is 0 Å². The molecule has 224 valence electrons. The first-order valence-corrected chi connectivity index (χ1v) is 13.2. The summed E-state index contributed by atoms with van der Waals surface area (Å²) >= 11 is 0. The van der Waals surface area contributed by atoms with Crippen LogP contribution < -0.4 is 27.2 Å². The van der Waals surface area contributed by atoms with Crippen LogP contribution in [0.4, 0.5) is 4.79 Å². The van der Waals surface area contributed by atoms with Crippen LogP contribution in [0.5, 0.6) is 0 Å². The maximum absolute atomic E-state index is 13.3. The fourth-order valence-corrected chi connectivity index (χ4v) is 3.53. The fraction of sp³-hybridized carbons (Fsp3) is 0.593. The highest BCUT2D eigenvalue weighted by Gasteiger charge is 2.33. The number of carbonyl (C=O) groups is 5. The molecule has 0 aromatic heterocycles. The molecule has 0 aliphatic carbocycles. The average molecular weight is 566 g/mol. The van der Waals surface area contributed by atoms with Gasteiger partial charge in [0.15, 0.2) is 0 Å². The van der Waals surface area contributed by atoms with Crippen molar-refractivity contribution in [2.75, 3.05) is 0 Å². The SMILES string of the molecule is CC[C@H](C)[C@H](NC(=O)OCc1ccccc1)C(=O)N[C@@H](CCC(=O)OC(C)(C)C)C(=O)N[C@H](C(=O)NN)[C@@H](C)O. The number of rotatable bonds is 14. The highest BCUT2D eigenvalue weighted by atomic mass is 16.6. The Morgan fingerprint density at radius 1 is 0.925 bits per heavy atom. The van der Waals surface area contributed by atoms with Crippen molar-refractivity contribution in [1.82, 2.24) is 21.4 Å².